The van der Waals surface area contributed by atoms with Gasteiger partial charge in [0, 0.05) is 36.0 Å². The number of nitrogens with one attached hydrogen (secondary N) is 1. The number of hydrogen-bond donors (Lipinski definition) is 1. The summed E-state index contributed by atoms with van der Waals surface area (Å²) in [6.07, 6.45) is 6.67. The quantitative estimate of drug-likeness (QED) is 0.873. The van der Waals surface area contributed by atoms with E-state index in [1.807, 2.05) is 30.7 Å². The van der Waals surface area contributed by atoms with E-state index in [1.165, 1.54) is 5.56 Å². The SMILES string of the molecule is CCC(NC(C)Cn1ccnc1)c1cccc(Cl)c1. The Morgan fingerprint density at radius 2 is 2.26 bits per heavy atom. The van der Waals surface area contributed by atoms with Gasteiger partial charge in [-0.3, -0.25) is 0 Å². The average Bonchev–Trinajstić information content (AvgIpc) is 2.88. The minimum absolute atomic E-state index is 0.331. The first-order valence-electron chi connectivity index (χ1n) is 6.66. The maximum Gasteiger partial charge on any atom is 0.0946 e. The second-order valence-corrected chi connectivity index (χ2v) is 5.28. The van der Waals surface area contributed by atoms with E-state index in [1.54, 1.807) is 6.20 Å². The molecule has 0 aliphatic heterocycles. The Morgan fingerprint density at radius 3 is 2.89 bits per heavy atom. The van der Waals surface area contributed by atoms with Gasteiger partial charge in [-0.2, -0.15) is 0 Å². The molecule has 3 nitrogen and oxygen atoms in total. The number of hydrogen-bond acceptors (Lipinski definition) is 2. The topological polar surface area (TPSA) is 29.9 Å². The molecule has 0 aliphatic rings. The summed E-state index contributed by atoms with van der Waals surface area (Å²) in [5.74, 6) is 0. The van der Waals surface area contributed by atoms with Crippen LogP contribution in [0.1, 0.15) is 31.9 Å². The summed E-state index contributed by atoms with van der Waals surface area (Å²) in [4.78, 5) is 4.06. The van der Waals surface area contributed by atoms with Crippen LogP contribution in [0.25, 0.3) is 0 Å². The van der Waals surface area contributed by atoms with Crippen LogP contribution in [0.2, 0.25) is 5.02 Å². The van der Waals surface area contributed by atoms with Gasteiger partial charge in [-0.1, -0.05) is 30.7 Å². The lowest BCUT2D eigenvalue weighted by Gasteiger charge is -2.23. The first-order valence-corrected chi connectivity index (χ1v) is 7.04. The average molecular weight is 278 g/mol. The molecular formula is C15H20ClN3. The van der Waals surface area contributed by atoms with Crippen LogP contribution in [0.15, 0.2) is 43.0 Å². The summed E-state index contributed by atoms with van der Waals surface area (Å²) < 4.78 is 2.09. The molecule has 1 N–H and O–H groups in total. The summed E-state index contributed by atoms with van der Waals surface area (Å²) in [7, 11) is 0. The number of benzene rings is 1. The fourth-order valence-electron chi connectivity index (χ4n) is 2.28. The Bertz CT molecular complexity index is 496. The molecule has 2 aromatic rings. The molecule has 2 unspecified atom stereocenters. The van der Waals surface area contributed by atoms with Crippen molar-refractivity contribution in [3.05, 3.63) is 53.6 Å². The highest BCUT2D eigenvalue weighted by Gasteiger charge is 2.13. The number of aromatic nitrogens is 2. The minimum Gasteiger partial charge on any atom is -0.336 e. The second kappa shape index (κ2) is 6.73. The standard InChI is InChI=1S/C15H20ClN3/c1-3-15(13-5-4-6-14(16)9-13)18-12(2)10-19-8-7-17-11-19/h4-9,11-12,15,18H,3,10H2,1-2H3. The van der Waals surface area contributed by atoms with Crippen LogP contribution in [0.3, 0.4) is 0 Å². The van der Waals surface area contributed by atoms with E-state index in [9.17, 15) is 0 Å². The zero-order chi connectivity index (χ0) is 13.7. The van der Waals surface area contributed by atoms with E-state index in [-0.39, 0.29) is 0 Å². The van der Waals surface area contributed by atoms with E-state index in [0.717, 1.165) is 18.0 Å². The van der Waals surface area contributed by atoms with Crippen molar-refractivity contribution in [2.45, 2.75) is 38.9 Å². The summed E-state index contributed by atoms with van der Waals surface area (Å²) in [5, 5.41) is 4.43. The van der Waals surface area contributed by atoms with Crippen molar-refractivity contribution in [2.75, 3.05) is 0 Å². The van der Waals surface area contributed by atoms with Crippen molar-refractivity contribution in [1.29, 1.82) is 0 Å². The van der Waals surface area contributed by atoms with Crippen molar-refractivity contribution in [2.24, 2.45) is 0 Å². The summed E-state index contributed by atoms with van der Waals surface area (Å²) in [5.41, 5.74) is 1.24. The number of halogens is 1. The Morgan fingerprint density at radius 1 is 1.42 bits per heavy atom. The monoisotopic (exact) mass is 277 g/mol. The molecule has 0 saturated heterocycles. The molecule has 0 saturated carbocycles. The van der Waals surface area contributed by atoms with Crippen molar-refractivity contribution < 1.29 is 0 Å². The predicted molar refractivity (Wildman–Crippen MR) is 79.3 cm³/mol. The van der Waals surface area contributed by atoms with Gasteiger partial charge in [-0.05, 0) is 31.0 Å². The molecule has 0 radical (unpaired) electrons. The molecule has 19 heavy (non-hydrogen) atoms. The lowest BCUT2D eigenvalue weighted by atomic mass is 10.0. The number of imidazole rings is 1. The van der Waals surface area contributed by atoms with E-state index in [0.29, 0.717) is 12.1 Å². The maximum absolute atomic E-state index is 6.06. The molecule has 0 spiro atoms. The summed E-state index contributed by atoms with van der Waals surface area (Å²) in [6, 6.07) is 8.77. The van der Waals surface area contributed by atoms with Crippen LogP contribution in [0.5, 0.6) is 0 Å². The molecule has 0 amide bonds. The highest BCUT2D eigenvalue weighted by Crippen LogP contribution is 2.20. The third kappa shape index (κ3) is 4.08. The fourth-order valence-corrected chi connectivity index (χ4v) is 2.48. The van der Waals surface area contributed by atoms with Crippen LogP contribution in [-0.4, -0.2) is 15.6 Å². The van der Waals surface area contributed by atoms with E-state index in [2.05, 4.69) is 34.8 Å². The molecular weight excluding hydrogens is 258 g/mol. The normalized spacial score (nSPS) is 14.3. The maximum atomic E-state index is 6.06. The van der Waals surface area contributed by atoms with Crippen LogP contribution >= 0.6 is 11.6 Å². The Kier molecular flexibility index (Phi) is 5.00. The third-order valence-corrected chi connectivity index (χ3v) is 3.42. The third-order valence-electron chi connectivity index (χ3n) is 3.19. The number of rotatable bonds is 6. The first kappa shape index (κ1) is 14.1. The molecule has 2 atom stereocenters. The zero-order valence-electron chi connectivity index (χ0n) is 11.4. The van der Waals surface area contributed by atoms with Gasteiger partial charge in [0.15, 0.2) is 0 Å². The molecule has 1 aromatic heterocycles. The molecule has 1 heterocycles. The van der Waals surface area contributed by atoms with E-state index >= 15 is 0 Å². The number of nitrogens with zero attached hydrogens (tertiary/aromatic N) is 2. The molecule has 0 bridgehead atoms. The summed E-state index contributed by atoms with van der Waals surface area (Å²) in [6.45, 7) is 5.28. The molecule has 0 aliphatic carbocycles. The van der Waals surface area contributed by atoms with Crippen molar-refractivity contribution in [3.8, 4) is 0 Å². The molecule has 1 aromatic carbocycles. The van der Waals surface area contributed by atoms with Gasteiger partial charge >= 0.3 is 0 Å². The van der Waals surface area contributed by atoms with Crippen molar-refractivity contribution >= 4 is 11.6 Å². The second-order valence-electron chi connectivity index (χ2n) is 4.84. The molecule has 0 fully saturated rings. The van der Waals surface area contributed by atoms with Gasteiger partial charge in [-0.25, -0.2) is 4.98 Å². The van der Waals surface area contributed by atoms with Gasteiger partial charge in [-0.15, -0.1) is 0 Å². The van der Waals surface area contributed by atoms with Crippen LogP contribution in [-0.2, 0) is 6.54 Å². The van der Waals surface area contributed by atoms with E-state index < -0.39 is 0 Å². The Balaban J connectivity index is 1.98. The largest absolute Gasteiger partial charge is 0.336 e. The molecule has 102 valence electrons. The predicted octanol–water partition coefficient (Wildman–Crippen LogP) is 3.67. The van der Waals surface area contributed by atoms with Crippen LogP contribution in [0.4, 0.5) is 0 Å². The van der Waals surface area contributed by atoms with E-state index in [4.69, 9.17) is 11.6 Å². The van der Waals surface area contributed by atoms with Crippen molar-refractivity contribution in [1.82, 2.24) is 14.9 Å². The lowest BCUT2D eigenvalue weighted by Crippen LogP contribution is -2.33. The van der Waals surface area contributed by atoms with Crippen LogP contribution < -0.4 is 5.32 Å². The minimum atomic E-state index is 0.331. The van der Waals surface area contributed by atoms with Gasteiger partial charge in [0.05, 0.1) is 6.33 Å². The zero-order valence-corrected chi connectivity index (χ0v) is 12.1. The van der Waals surface area contributed by atoms with Gasteiger partial charge < -0.3 is 9.88 Å². The van der Waals surface area contributed by atoms with Gasteiger partial charge in [0.25, 0.3) is 0 Å². The smallest absolute Gasteiger partial charge is 0.0946 e. The fraction of sp³-hybridized carbons (Fsp3) is 0.400. The lowest BCUT2D eigenvalue weighted by molar-refractivity contribution is 0.406. The van der Waals surface area contributed by atoms with Gasteiger partial charge in [0.2, 0.25) is 0 Å². The molecule has 2 rings (SSSR count). The summed E-state index contributed by atoms with van der Waals surface area (Å²) >= 11 is 6.06. The highest BCUT2D eigenvalue weighted by atomic mass is 35.5. The van der Waals surface area contributed by atoms with Crippen molar-refractivity contribution in [3.63, 3.8) is 0 Å². The first-order chi connectivity index (χ1) is 9.19. The van der Waals surface area contributed by atoms with Crippen LogP contribution in [0, 0.1) is 0 Å². The highest BCUT2D eigenvalue weighted by molar-refractivity contribution is 6.30. The van der Waals surface area contributed by atoms with Gasteiger partial charge in [0.1, 0.15) is 0 Å². The Labute approximate surface area is 119 Å². The molecule has 4 heteroatoms. The Hall–Kier alpha value is -1.32.